The maximum absolute atomic E-state index is 11.1. The summed E-state index contributed by atoms with van der Waals surface area (Å²) >= 11 is 1.59. The van der Waals surface area contributed by atoms with E-state index in [2.05, 4.69) is 19.8 Å². The molecule has 1 spiro atoms. The zero-order valence-electron chi connectivity index (χ0n) is 12.2. The summed E-state index contributed by atoms with van der Waals surface area (Å²) in [6.07, 6.45) is 3.00. The van der Waals surface area contributed by atoms with E-state index in [1.54, 1.807) is 11.3 Å². The van der Waals surface area contributed by atoms with Crippen molar-refractivity contribution in [1.82, 2.24) is 14.9 Å². The molecule has 0 radical (unpaired) electrons. The molecule has 2 aliphatic rings. The third-order valence-electron chi connectivity index (χ3n) is 4.16. The van der Waals surface area contributed by atoms with Gasteiger partial charge in [-0.05, 0) is 25.7 Å². The number of nitrogens with zero attached hydrogens (tertiary/aromatic N) is 3. The molecule has 0 unspecified atom stereocenters. The minimum absolute atomic E-state index is 0.126. The van der Waals surface area contributed by atoms with E-state index >= 15 is 0 Å². The molecule has 0 bridgehead atoms. The van der Waals surface area contributed by atoms with Crippen LogP contribution in [0.3, 0.4) is 0 Å². The summed E-state index contributed by atoms with van der Waals surface area (Å²) in [4.78, 5) is 2.19. The molecule has 1 N–H and O–H groups in total. The Morgan fingerprint density at radius 1 is 1.48 bits per heavy atom. The fraction of sp³-hybridized carbons (Fsp3) is 0.833. The molecule has 3 heterocycles. The van der Waals surface area contributed by atoms with Crippen LogP contribution < -0.4 is 9.62 Å². The quantitative estimate of drug-likeness (QED) is 0.839. The third-order valence-corrected chi connectivity index (χ3v) is 5.79. The highest BCUT2D eigenvalue weighted by atomic mass is 32.2. The summed E-state index contributed by atoms with van der Waals surface area (Å²) in [5.74, 6) is 0.400. The van der Waals surface area contributed by atoms with E-state index in [0.717, 1.165) is 42.7 Å². The molecule has 1 aromatic rings. The van der Waals surface area contributed by atoms with Gasteiger partial charge in [-0.25, -0.2) is 13.1 Å². The van der Waals surface area contributed by atoms with Gasteiger partial charge in [0.15, 0.2) is 0 Å². The van der Waals surface area contributed by atoms with Gasteiger partial charge in [-0.3, -0.25) is 0 Å². The van der Waals surface area contributed by atoms with Crippen LogP contribution in [0.1, 0.15) is 17.8 Å². The topological polar surface area (TPSA) is 84.4 Å². The Balaban J connectivity index is 1.56. The molecule has 0 aliphatic carbocycles. The normalized spacial score (nSPS) is 24.5. The van der Waals surface area contributed by atoms with Gasteiger partial charge in [0.25, 0.3) is 0 Å². The molecule has 2 fully saturated rings. The SMILES string of the molecule is Cc1nnc(N2CC3(C2)OCC[C@H]3CCNS(C)(=O)=O)s1. The average molecular weight is 332 g/mol. The molecule has 2 saturated heterocycles. The van der Waals surface area contributed by atoms with Crippen LogP contribution in [-0.2, 0) is 14.8 Å². The van der Waals surface area contributed by atoms with Gasteiger partial charge in [0.2, 0.25) is 15.2 Å². The van der Waals surface area contributed by atoms with E-state index in [0.29, 0.717) is 12.5 Å². The molecule has 7 nitrogen and oxygen atoms in total. The van der Waals surface area contributed by atoms with Gasteiger partial charge < -0.3 is 9.64 Å². The molecule has 0 aromatic carbocycles. The number of ether oxygens (including phenoxy) is 1. The number of anilines is 1. The van der Waals surface area contributed by atoms with Crippen molar-refractivity contribution in [3.05, 3.63) is 5.01 Å². The van der Waals surface area contributed by atoms with Crippen LogP contribution >= 0.6 is 11.3 Å². The van der Waals surface area contributed by atoms with Gasteiger partial charge in [0.05, 0.1) is 19.3 Å². The average Bonchev–Trinajstić information content (AvgIpc) is 2.92. The Hall–Kier alpha value is -0.770. The van der Waals surface area contributed by atoms with Crippen LogP contribution in [0.5, 0.6) is 0 Å². The van der Waals surface area contributed by atoms with Crippen LogP contribution in [0.2, 0.25) is 0 Å². The molecule has 21 heavy (non-hydrogen) atoms. The summed E-state index contributed by atoms with van der Waals surface area (Å²) in [7, 11) is -3.11. The summed E-state index contributed by atoms with van der Waals surface area (Å²) in [5, 5.41) is 10.1. The Morgan fingerprint density at radius 3 is 2.86 bits per heavy atom. The summed E-state index contributed by atoms with van der Waals surface area (Å²) in [6, 6.07) is 0. The number of hydrogen-bond acceptors (Lipinski definition) is 7. The first-order chi connectivity index (χ1) is 9.88. The largest absolute Gasteiger partial charge is 0.371 e. The van der Waals surface area contributed by atoms with Crippen molar-refractivity contribution in [3.8, 4) is 0 Å². The van der Waals surface area contributed by atoms with Gasteiger partial charge in [-0.15, -0.1) is 10.2 Å². The number of aromatic nitrogens is 2. The third kappa shape index (κ3) is 3.20. The number of rotatable bonds is 5. The Labute approximate surface area is 128 Å². The molecule has 0 amide bonds. The lowest BCUT2D eigenvalue weighted by atomic mass is 9.79. The van der Waals surface area contributed by atoms with E-state index in [4.69, 9.17) is 4.74 Å². The standard InChI is InChI=1S/C12H20N4O3S2/c1-9-14-15-11(20-9)16-7-12(8-16)10(4-6-19-12)3-5-13-21(2,17)18/h10,13H,3-8H2,1-2H3/t10-/m1/s1. The Kier molecular flexibility index (Phi) is 3.93. The minimum Gasteiger partial charge on any atom is -0.371 e. The highest BCUT2D eigenvalue weighted by molar-refractivity contribution is 7.88. The van der Waals surface area contributed by atoms with Gasteiger partial charge in [0.1, 0.15) is 10.6 Å². The zero-order chi connectivity index (χ0) is 15.1. The lowest BCUT2D eigenvalue weighted by Gasteiger charge is -2.50. The van der Waals surface area contributed by atoms with Crippen LogP contribution in [-0.4, -0.2) is 56.7 Å². The van der Waals surface area contributed by atoms with Gasteiger partial charge >= 0.3 is 0 Å². The lowest BCUT2D eigenvalue weighted by Crippen LogP contribution is -2.65. The highest BCUT2D eigenvalue weighted by Crippen LogP contribution is 2.43. The van der Waals surface area contributed by atoms with E-state index < -0.39 is 10.0 Å². The van der Waals surface area contributed by atoms with Crippen molar-refractivity contribution in [2.75, 3.05) is 37.4 Å². The predicted molar refractivity (Wildman–Crippen MR) is 81.1 cm³/mol. The molecule has 3 rings (SSSR count). The van der Waals surface area contributed by atoms with Crippen LogP contribution in [0, 0.1) is 12.8 Å². The van der Waals surface area contributed by atoms with Crippen molar-refractivity contribution in [2.24, 2.45) is 5.92 Å². The maximum Gasteiger partial charge on any atom is 0.208 e. The number of nitrogens with one attached hydrogen (secondary N) is 1. The van der Waals surface area contributed by atoms with Crippen molar-refractivity contribution in [3.63, 3.8) is 0 Å². The first-order valence-electron chi connectivity index (χ1n) is 7.02. The minimum atomic E-state index is -3.11. The van der Waals surface area contributed by atoms with E-state index in [9.17, 15) is 8.42 Å². The van der Waals surface area contributed by atoms with E-state index in [1.807, 2.05) is 6.92 Å². The molecule has 1 aromatic heterocycles. The Morgan fingerprint density at radius 2 is 2.24 bits per heavy atom. The number of hydrogen-bond donors (Lipinski definition) is 1. The number of sulfonamides is 1. The summed E-state index contributed by atoms with van der Waals surface area (Å²) in [5.41, 5.74) is -0.126. The fourth-order valence-corrected chi connectivity index (χ4v) is 4.28. The molecule has 0 saturated carbocycles. The van der Waals surface area contributed by atoms with Crippen LogP contribution in [0.15, 0.2) is 0 Å². The zero-order valence-corrected chi connectivity index (χ0v) is 13.8. The fourth-order valence-electron chi connectivity index (χ4n) is 3.11. The predicted octanol–water partition coefficient (Wildman–Crippen LogP) is 0.381. The first-order valence-corrected chi connectivity index (χ1v) is 9.72. The van der Waals surface area contributed by atoms with E-state index in [1.165, 1.54) is 6.26 Å². The van der Waals surface area contributed by atoms with Crippen LogP contribution in [0.4, 0.5) is 5.13 Å². The molecular formula is C12H20N4O3S2. The van der Waals surface area contributed by atoms with Gasteiger partial charge in [-0.1, -0.05) is 11.3 Å². The second-order valence-corrected chi connectivity index (χ2v) is 8.81. The smallest absolute Gasteiger partial charge is 0.208 e. The monoisotopic (exact) mass is 332 g/mol. The van der Waals surface area contributed by atoms with Crippen LogP contribution in [0.25, 0.3) is 0 Å². The molecule has 2 aliphatic heterocycles. The van der Waals surface area contributed by atoms with Crippen molar-refractivity contribution >= 4 is 26.5 Å². The first kappa shape index (κ1) is 15.1. The van der Waals surface area contributed by atoms with Gasteiger partial charge in [0, 0.05) is 13.2 Å². The van der Waals surface area contributed by atoms with Gasteiger partial charge in [-0.2, -0.15) is 0 Å². The number of aryl methyl sites for hydroxylation is 1. The second-order valence-electron chi connectivity index (χ2n) is 5.81. The van der Waals surface area contributed by atoms with E-state index in [-0.39, 0.29) is 5.60 Å². The maximum atomic E-state index is 11.1. The lowest BCUT2D eigenvalue weighted by molar-refractivity contribution is -0.0451. The summed E-state index contributed by atoms with van der Waals surface area (Å²) in [6.45, 7) is 4.83. The molecule has 9 heteroatoms. The molecular weight excluding hydrogens is 312 g/mol. The van der Waals surface area contributed by atoms with Crippen molar-refractivity contribution in [1.29, 1.82) is 0 Å². The second kappa shape index (κ2) is 5.45. The van der Waals surface area contributed by atoms with Crippen molar-refractivity contribution < 1.29 is 13.2 Å². The Bertz CT molecular complexity index is 610. The molecule has 1 atom stereocenters. The summed E-state index contributed by atoms with van der Waals surface area (Å²) < 4.78 is 30.8. The highest BCUT2D eigenvalue weighted by Gasteiger charge is 2.53. The molecule has 118 valence electrons. The van der Waals surface area contributed by atoms with Crippen molar-refractivity contribution in [2.45, 2.75) is 25.4 Å².